The second-order valence-electron chi connectivity index (χ2n) is 8.84. The minimum atomic E-state index is -1.43. The van der Waals surface area contributed by atoms with Crippen LogP contribution >= 0.6 is 0 Å². The Balaban J connectivity index is 1.86. The zero-order valence-corrected chi connectivity index (χ0v) is 18.6. The first kappa shape index (κ1) is 23.6. The Bertz CT molecular complexity index is 1190. The summed E-state index contributed by atoms with van der Waals surface area (Å²) >= 11 is 0. The molecule has 33 heavy (non-hydrogen) atoms. The number of ketones is 1. The van der Waals surface area contributed by atoms with Crippen molar-refractivity contribution in [2.24, 2.45) is 5.41 Å². The van der Waals surface area contributed by atoms with E-state index >= 15 is 0 Å². The van der Waals surface area contributed by atoms with Gasteiger partial charge >= 0.3 is 12.0 Å². The number of amides is 3. The Labute approximate surface area is 189 Å². The maximum Gasteiger partial charge on any atom is 0.325 e. The normalized spacial score (nSPS) is 18.0. The van der Waals surface area contributed by atoms with Gasteiger partial charge in [-0.15, -0.1) is 0 Å². The molecule has 3 rings (SSSR count). The van der Waals surface area contributed by atoms with Crippen molar-refractivity contribution in [3.05, 3.63) is 65.0 Å². The Hall–Kier alpha value is -4.06. The average molecular weight is 451 g/mol. The third kappa shape index (κ3) is 4.60. The van der Waals surface area contributed by atoms with E-state index in [1.165, 1.54) is 19.1 Å². The lowest BCUT2D eigenvalue weighted by Crippen LogP contribution is -2.41. The zero-order chi connectivity index (χ0) is 24.6. The molecule has 1 unspecified atom stereocenters. The summed E-state index contributed by atoms with van der Waals surface area (Å²) in [5.41, 5.74) is -1.64. The molecule has 1 atom stereocenters. The van der Waals surface area contributed by atoms with Crippen molar-refractivity contribution in [1.29, 1.82) is 5.26 Å². The largest absolute Gasteiger partial charge is 0.425 e. The number of nitriles is 1. The van der Waals surface area contributed by atoms with Crippen LogP contribution < -0.4 is 10.1 Å². The van der Waals surface area contributed by atoms with E-state index in [0.29, 0.717) is 11.1 Å². The molecule has 0 aliphatic carbocycles. The van der Waals surface area contributed by atoms with Crippen molar-refractivity contribution in [3.63, 3.8) is 0 Å². The van der Waals surface area contributed by atoms with Gasteiger partial charge in [0.25, 0.3) is 5.91 Å². The van der Waals surface area contributed by atoms with Crippen LogP contribution in [0.15, 0.2) is 42.5 Å². The van der Waals surface area contributed by atoms with Gasteiger partial charge in [-0.2, -0.15) is 5.26 Å². The van der Waals surface area contributed by atoms with E-state index < -0.39 is 47.0 Å². The predicted molar refractivity (Wildman–Crippen MR) is 115 cm³/mol. The molecule has 0 saturated carbocycles. The molecule has 1 N–H and O–H groups in total. The topological polar surface area (TPSA) is 117 Å². The molecule has 1 heterocycles. The summed E-state index contributed by atoms with van der Waals surface area (Å²) in [7, 11) is 0. The maximum absolute atomic E-state index is 13.8. The van der Waals surface area contributed by atoms with Crippen LogP contribution in [-0.4, -0.2) is 35.1 Å². The standard InChI is InChI=1S/C24H22FN3O5/c1-23(2,3)21(31)33-19-11-16(25)9-10-17(19)18(29)13-28-20(30)24(4,27-22(28)32)15-7-5-14(12-26)6-8-15/h5-11H,13H2,1-4H3,(H,27,32). The minimum absolute atomic E-state index is 0.137. The van der Waals surface area contributed by atoms with E-state index in [4.69, 9.17) is 10.00 Å². The predicted octanol–water partition coefficient (Wildman–Crippen LogP) is 3.30. The lowest BCUT2D eigenvalue weighted by Gasteiger charge is -2.22. The van der Waals surface area contributed by atoms with E-state index in [2.05, 4.69) is 5.32 Å². The molecular weight excluding hydrogens is 429 g/mol. The number of nitrogens with zero attached hydrogens (tertiary/aromatic N) is 2. The Morgan fingerprint density at radius 1 is 1.15 bits per heavy atom. The number of Topliss-reactive ketones (excluding diaryl/α,β-unsaturated/α-hetero) is 1. The van der Waals surface area contributed by atoms with E-state index in [1.807, 2.05) is 6.07 Å². The van der Waals surface area contributed by atoms with Crippen LogP contribution in [0, 0.1) is 22.6 Å². The summed E-state index contributed by atoms with van der Waals surface area (Å²) in [6, 6.07) is 10.4. The van der Waals surface area contributed by atoms with Crippen molar-refractivity contribution < 1.29 is 28.3 Å². The molecule has 9 heteroatoms. The molecule has 1 aliphatic rings. The number of nitrogens with one attached hydrogen (secondary N) is 1. The minimum Gasteiger partial charge on any atom is -0.425 e. The number of benzene rings is 2. The smallest absolute Gasteiger partial charge is 0.325 e. The molecule has 1 fully saturated rings. The van der Waals surface area contributed by atoms with Crippen molar-refractivity contribution >= 4 is 23.7 Å². The molecule has 8 nitrogen and oxygen atoms in total. The Morgan fingerprint density at radius 2 is 1.79 bits per heavy atom. The SMILES string of the molecule is CC(C)(C)C(=O)Oc1cc(F)ccc1C(=O)CN1C(=O)NC(C)(c2ccc(C#N)cc2)C1=O. The van der Waals surface area contributed by atoms with Gasteiger partial charge in [0, 0.05) is 6.07 Å². The van der Waals surface area contributed by atoms with E-state index in [-0.39, 0.29) is 11.3 Å². The van der Waals surface area contributed by atoms with Gasteiger partial charge in [-0.25, -0.2) is 9.18 Å². The fraction of sp³-hybridized carbons (Fsp3) is 0.292. The van der Waals surface area contributed by atoms with Crippen LogP contribution in [0.1, 0.15) is 49.2 Å². The first-order chi connectivity index (χ1) is 15.4. The highest BCUT2D eigenvalue weighted by molar-refractivity contribution is 6.11. The molecule has 170 valence electrons. The fourth-order valence-corrected chi connectivity index (χ4v) is 3.21. The third-order valence-electron chi connectivity index (χ3n) is 5.23. The van der Waals surface area contributed by atoms with Crippen LogP contribution in [-0.2, 0) is 15.1 Å². The van der Waals surface area contributed by atoms with Crippen LogP contribution in [0.4, 0.5) is 9.18 Å². The molecule has 0 radical (unpaired) electrons. The van der Waals surface area contributed by atoms with Crippen LogP contribution in [0.5, 0.6) is 5.75 Å². The van der Waals surface area contributed by atoms with Crippen LogP contribution in [0.2, 0.25) is 0 Å². The van der Waals surface area contributed by atoms with Gasteiger partial charge in [0.2, 0.25) is 0 Å². The summed E-state index contributed by atoms with van der Waals surface area (Å²) in [5, 5.41) is 11.5. The van der Waals surface area contributed by atoms with Gasteiger partial charge in [-0.3, -0.25) is 19.3 Å². The molecule has 2 aromatic carbocycles. The number of rotatable bonds is 5. The summed E-state index contributed by atoms with van der Waals surface area (Å²) in [4.78, 5) is 51.6. The van der Waals surface area contributed by atoms with E-state index in [1.54, 1.807) is 32.9 Å². The third-order valence-corrected chi connectivity index (χ3v) is 5.23. The van der Waals surface area contributed by atoms with E-state index in [0.717, 1.165) is 23.1 Å². The molecule has 2 aromatic rings. The van der Waals surface area contributed by atoms with Gasteiger partial charge < -0.3 is 10.1 Å². The second kappa shape index (κ2) is 8.47. The summed E-state index contributed by atoms with van der Waals surface area (Å²) < 4.78 is 19.0. The Kier molecular flexibility index (Phi) is 6.05. The number of carbonyl (C=O) groups is 4. The number of imide groups is 1. The maximum atomic E-state index is 13.8. The van der Waals surface area contributed by atoms with Gasteiger partial charge in [0.1, 0.15) is 17.1 Å². The van der Waals surface area contributed by atoms with Crippen molar-refractivity contribution in [2.45, 2.75) is 33.2 Å². The average Bonchev–Trinajstić information content (AvgIpc) is 2.97. The molecule has 1 saturated heterocycles. The lowest BCUT2D eigenvalue weighted by molar-refractivity contribution is -0.143. The van der Waals surface area contributed by atoms with E-state index in [9.17, 15) is 23.6 Å². The molecule has 0 aromatic heterocycles. The van der Waals surface area contributed by atoms with Crippen LogP contribution in [0.25, 0.3) is 0 Å². The van der Waals surface area contributed by atoms with Crippen LogP contribution in [0.3, 0.4) is 0 Å². The number of hydrogen-bond donors (Lipinski definition) is 1. The molecule has 0 bridgehead atoms. The number of hydrogen-bond acceptors (Lipinski definition) is 6. The number of ether oxygens (including phenoxy) is 1. The number of carbonyl (C=O) groups excluding carboxylic acids is 4. The van der Waals surface area contributed by atoms with Gasteiger partial charge in [-0.05, 0) is 57.5 Å². The van der Waals surface area contributed by atoms with Gasteiger partial charge in [0.05, 0.1) is 29.2 Å². The van der Waals surface area contributed by atoms with Gasteiger partial charge in [-0.1, -0.05) is 12.1 Å². The van der Waals surface area contributed by atoms with Crippen molar-refractivity contribution in [2.75, 3.05) is 6.54 Å². The molecule has 3 amide bonds. The quantitative estimate of drug-likeness (QED) is 0.323. The molecular formula is C24H22FN3O5. The first-order valence-corrected chi connectivity index (χ1v) is 10.1. The number of halogens is 1. The highest BCUT2D eigenvalue weighted by Crippen LogP contribution is 2.30. The fourth-order valence-electron chi connectivity index (χ4n) is 3.21. The highest BCUT2D eigenvalue weighted by Gasteiger charge is 2.49. The molecule has 0 spiro atoms. The monoisotopic (exact) mass is 451 g/mol. The van der Waals surface area contributed by atoms with Gasteiger partial charge in [0.15, 0.2) is 5.78 Å². The second-order valence-corrected chi connectivity index (χ2v) is 8.84. The molecule has 1 aliphatic heterocycles. The number of urea groups is 1. The summed E-state index contributed by atoms with van der Waals surface area (Å²) in [5.74, 6) is -3.06. The zero-order valence-electron chi connectivity index (χ0n) is 18.6. The summed E-state index contributed by atoms with van der Waals surface area (Å²) in [6.45, 7) is 5.67. The van der Waals surface area contributed by atoms with Crippen molar-refractivity contribution in [3.8, 4) is 11.8 Å². The number of esters is 1. The Morgan fingerprint density at radius 3 is 2.36 bits per heavy atom. The summed E-state index contributed by atoms with van der Waals surface area (Å²) in [6.07, 6.45) is 0. The first-order valence-electron chi connectivity index (χ1n) is 10.1. The lowest BCUT2D eigenvalue weighted by atomic mass is 9.91. The van der Waals surface area contributed by atoms with Crippen molar-refractivity contribution in [1.82, 2.24) is 10.2 Å². The highest BCUT2D eigenvalue weighted by atomic mass is 19.1.